The molecule has 2 aromatic rings. The molecule has 0 aliphatic rings. The molecule has 0 spiro atoms. The minimum absolute atomic E-state index is 0.0148. The molecule has 2 rings (SSSR count). The monoisotopic (exact) mass is 380 g/mol. The van der Waals surface area contributed by atoms with Crippen molar-refractivity contribution in [1.29, 1.82) is 0 Å². The molecule has 6 nitrogen and oxygen atoms in total. The first-order chi connectivity index (χ1) is 9.46. The number of nitrogens with one attached hydrogen (secondary N) is 1. The van der Waals surface area contributed by atoms with Crippen molar-refractivity contribution in [3.05, 3.63) is 32.6 Å². The number of aliphatic hydroxyl groups excluding tert-OH is 1. The molecule has 110 valence electrons. The summed E-state index contributed by atoms with van der Waals surface area (Å²) < 4.78 is 32.5. The van der Waals surface area contributed by atoms with Crippen molar-refractivity contribution in [2.75, 3.05) is 0 Å². The van der Waals surface area contributed by atoms with E-state index in [1.54, 1.807) is 6.20 Å². The van der Waals surface area contributed by atoms with Crippen LogP contribution in [0, 0.1) is 0 Å². The van der Waals surface area contributed by atoms with E-state index in [4.69, 9.17) is 9.52 Å². The second-order valence-corrected chi connectivity index (χ2v) is 8.10. The fourth-order valence-corrected chi connectivity index (χ4v) is 5.00. The maximum absolute atomic E-state index is 12.1. The number of rotatable bonds is 6. The number of aliphatic hydroxyl groups is 1. The molecule has 0 saturated heterocycles. The summed E-state index contributed by atoms with van der Waals surface area (Å²) in [5, 5.41) is 9.03. The zero-order chi connectivity index (χ0) is 14.8. The Kier molecular flexibility index (Phi) is 4.97. The first kappa shape index (κ1) is 15.6. The molecule has 2 heterocycles. The number of nitrogens with zero attached hydrogens (tertiary/aromatic N) is 1. The molecule has 0 aliphatic heterocycles. The van der Waals surface area contributed by atoms with Crippen LogP contribution in [0.15, 0.2) is 25.4 Å². The molecule has 0 saturated carbocycles. The fourth-order valence-electron chi connectivity index (χ4n) is 1.49. The number of halogens is 1. The summed E-state index contributed by atoms with van der Waals surface area (Å²) >= 11 is 4.36. The fraction of sp³-hybridized carbons (Fsp3) is 0.364. The molecule has 0 bridgehead atoms. The maximum atomic E-state index is 12.1. The Hall–Kier alpha value is -0.740. The van der Waals surface area contributed by atoms with Crippen molar-refractivity contribution in [3.63, 3.8) is 0 Å². The Labute approximate surface area is 129 Å². The predicted molar refractivity (Wildman–Crippen MR) is 77.8 cm³/mol. The number of aryl methyl sites for hydroxylation is 1. The van der Waals surface area contributed by atoms with Gasteiger partial charge in [-0.15, -0.1) is 11.3 Å². The zero-order valence-corrected chi connectivity index (χ0v) is 13.8. The molecule has 2 aromatic heterocycles. The SMILES string of the molecule is CCc1cnc(CNS(=O)(=O)c2cc(CO)sc2Br)o1. The highest BCUT2D eigenvalue weighted by Gasteiger charge is 2.21. The number of hydrogen-bond acceptors (Lipinski definition) is 6. The molecular formula is C11H13BrN2O4S2. The zero-order valence-electron chi connectivity index (χ0n) is 10.6. The lowest BCUT2D eigenvalue weighted by molar-refractivity contribution is 0.285. The van der Waals surface area contributed by atoms with Crippen LogP contribution in [0.3, 0.4) is 0 Å². The Bertz CT molecular complexity index is 693. The lowest BCUT2D eigenvalue weighted by Crippen LogP contribution is -2.23. The van der Waals surface area contributed by atoms with Crippen LogP contribution >= 0.6 is 27.3 Å². The molecule has 0 radical (unpaired) electrons. The molecule has 0 amide bonds. The van der Waals surface area contributed by atoms with Gasteiger partial charge in [0.1, 0.15) is 10.7 Å². The molecule has 0 fully saturated rings. The summed E-state index contributed by atoms with van der Waals surface area (Å²) in [6, 6.07) is 1.43. The maximum Gasteiger partial charge on any atom is 0.243 e. The Balaban J connectivity index is 2.12. The van der Waals surface area contributed by atoms with Gasteiger partial charge in [-0.2, -0.15) is 0 Å². The van der Waals surface area contributed by atoms with Gasteiger partial charge in [0.2, 0.25) is 15.9 Å². The highest BCUT2D eigenvalue weighted by Crippen LogP contribution is 2.31. The van der Waals surface area contributed by atoms with Gasteiger partial charge in [-0.1, -0.05) is 6.92 Å². The van der Waals surface area contributed by atoms with E-state index >= 15 is 0 Å². The van der Waals surface area contributed by atoms with Crippen LogP contribution in [0.25, 0.3) is 0 Å². The van der Waals surface area contributed by atoms with Crippen molar-refractivity contribution in [2.24, 2.45) is 0 Å². The van der Waals surface area contributed by atoms with Crippen molar-refractivity contribution in [1.82, 2.24) is 9.71 Å². The summed E-state index contributed by atoms with van der Waals surface area (Å²) in [5.41, 5.74) is 0. The van der Waals surface area contributed by atoms with Crippen molar-refractivity contribution in [3.8, 4) is 0 Å². The lowest BCUT2D eigenvalue weighted by atomic mass is 10.4. The summed E-state index contributed by atoms with van der Waals surface area (Å²) in [7, 11) is -3.67. The number of sulfonamides is 1. The van der Waals surface area contributed by atoms with Crippen molar-refractivity contribution >= 4 is 37.3 Å². The summed E-state index contributed by atoms with van der Waals surface area (Å²) in [4.78, 5) is 4.66. The molecule has 0 unspecified atom stereocenters. The number of thiophene rings is 1. The van der Waals surface area contributed by atoms with Gasteiger partial charge < -0.3 is 9.52 Å². The molecule has 0 aromatic carbocycles. The van der Waals surface area contributed by atoms with Crippen LogP contribution < -0.4 is 4.72 Å². The average Bonchev–Trinajstić information content (AvgIpc) is 3.02. The summed E-state index contributed by atoms with van der Waals surface area (Å²) in [5.74, 6) is 1.03. The van der Waals surface area contributed by atoms with Gasteiger partial charge in [0.25, 0.3) is 0 Å². The van der Waals surface area contributed by atoms with E-state index in [1.165, 1.54) is 17.4 Å². The first-order valence-electron chi connectivity index (χ1n) is 5.78. The van der Waals surface area contributed by atoms with Gasteiger partial charge in [0.05, 0.1) is 23.1 Å². The molecule has 0 aliphatic carbocycles. The van der Waals surface area contributed by atoms with Crippen LogP contribution in [0.4, 0.5) is 0 Å². The molecular weight excluding hydrogens is 368 g/mol. The van der Waals surface area contributed by atoms with E-state index in [9.17, 15) is 8.42 Å². The normalized spacial score (nSPS) is 11.9. The van der Waals surface area contributed by atoms with Crippen LogP contribution in [-0.2, 0) is 29.6 Å². The van der Waals surface area contributed by atoms with Gasteiger partial charge in [-0.05, 0) is 22.0 Å². The standard InChI is InChI=1S/C11H13BrN2O4S2/c1-2-7-4-13-10(18-7)5-14-20(16,17)9-3-8(6-15)19-11(9)12/h3-4,14-15H,2,5-6H2,1H3. The van der Waals surface area contributed by atoms with E-state index in [2.05, 4.69) is 25.6 Å². The Morgan fingerprint density at radius 1 is 1.55 bits per heavy atom. The van der Waals surface area contributed by atoms with Crippen LogP contribution in [0.2, 0.25) is 0 Å². The second-order valence-electron chi connectivity index (χ2n) is 3.91. The second kappa shape index (κ2) is 6.35. The van der Waals surface area contributed by atoms with Gasteiger partial charge >= 0.3 is 0 Å². The third-order valence-electron chi connectivity index (χ3n) is 2.52. The van der Waals surface area contributed by atoms with Gasteiger partial charge in [-0.25, -0.2) is 18.1 Å². The van der Waals surface area contributed by atoms with Gasteiger partial charge in [-0.3, -0.25) is 0 Å². The van der Waals surface area contributed by atoms with E-state index < -0.39 is 10.0 Å². The van der Waals surface area contributed by atoms with E-state index in [-0.39, 0.29) is 18.0 Å². The minimum atomic E-state index is -3.67. The summed E-state index contributed by atoms with van der Waals surface area (Å²) in [6.07, 6.45) is 2.28. The van der Waals surface area contributed by atoms with Gasteiger partial charge in [0, 0.05) is 11.3 Å². The van der Waals surface area contributed by atoms with Crippen molar-refractivity contribution in [2.45, 2.75) is 31.4 Å². The van der Waals surface area contributed by atoms with Gasteiger partial charge in [0.15, 0.2) is 0 Å². The third-order valence-corrected chi connectivity index (χ3v) is 6.15. The van der Waals surface area contributed by atoms with Crippen LogP contribution in [0.5, 0.6) is 0 Å². The first-order valence-corrected chi connectivity index (χ1v) is 8.88. The smallest absolute Gasteiger partial charge is 0.243 e. The summed E-state index contributed by atoms with van der Waals surface area (Å²) in [6.45, 7) is 1.71. The number of aromatic nitrogens is 1. The van der Waals surface area contributed by atoms with Crippen LogP contribution in [-0.4, -0.2) is 18.5 Å². The molecule has 2 N–H and O–H groups in total. The van der Waals surface area contributed by atoms with E-state index in [0.29, 0.717) is 26.7 Å². The van der Waals surface area contributed by atoms with Crippen LogP contribution in [0.1, 0.15) is 23.5 Å². The largest absolute Gasteiger partial charge is 0.444 e. The predicted octanol–water partition coefficient (Wildman–Crippen LogP) is 2.03. The highest BCUT2D eigenvalue weighted by molar-refractivity contribution is 9.11. The highest BCUT2D eigenvalue weighted by atomic mass is 79.9. The third kappa shape index (κ3) is 3.47. The quantitative estimate of drug-likeness (QED) is 0.799. The van der Waals surface area contributed by atoms with E-state index in [0.717, 1.165) is 0 Å². The molecule has 0 atom stereocenters. The Morgan fingerprint density at radius 3 is 2.85 bits per heavy atom. The molecule has 9 heteroatoms. The average molecular weight is 381 g/mol. The van der Waals surface area contributed by atoms with E-state index in [1.807, 2.05) is 6.92 Å². The lowest BCUT2D eigenvalue weighted by Gasteiger charge is -2.03. The number of oxazole rings is 1. The number of hydrogen-bond donors (Lipinski definition) is 2. The Morgan fingerprint density at radius 2 is 2.30 bits per heavy atom. The van der Waals surface area contributed by atoms with Crippen molar-refractivity contribution < 1.29 is 17.9 Å². The minimum Gasteiger partial charge on any atom is -0.444 e. The molecule has 20 heavy (non-hydrogen) atoms. The topological polar surface area (TPSA) is 92.4 Å².